The van der Waals surface area contributed by atoms with Crippen molar-refractivity contribution in [2.24, 2.45) is 0 Å². The van der Waals surface area contributed by atoms with Gasteiger partial charge in [0, 0.05) is 11.1 Å². The summed E-state index contributed by atoms with van der Waals surface area (Å²) < 4.78 is 0. The molecule has 0 bridgehead atoms. The second-order valence-corrected chi connectivity index (χ2v) is 3.29. The molecule has 0 aromatic heterocycles. The Morgan fingerprint density at radius 3 is 2.80 bits per heavy atom. The van der Waals surface area contributed by atoms with Crippen LogP contribution in [0.3, 0.4) is 0 Å². The van der Waals surface area contributed by atoms with E-state index in [-0.39, 0.29) is 12.2 Å². The fraction of sp³-hybridized carbons (Fsp3) is 0.167. The highest BCUT2D eigenvalue weighted by Crippen LogP contribution is 2.17. The van der Waals surface area contributed by atoms with E-state index in [9.17, 15) is 4.79 Å². The number of benzene rings is 1. The van der Waals surface area contributed by atoms with E-state index in [2.05, 4.69) is 11.8 Å². The van der Waals surface area contributed by atoms with E-state index in [0.29, 0.717) is 16.1 Å². The van der Waals surface area contributed by atoms with Gasteiger partial charge < -0.3 is 0 Å². The molecule has 0 fully saturated rings. The summed E-state index contributed by atoms with van der Waals surface area (Å²) in [5.41, 5.74) is 1.20. The van der Waals surface area contributed by atoms with Crippen molar-refractivity contribution in [1.29, 1.82) is 5.26 Å². The summed E-state index contributed by atoms with van der Waals surface area (Å²) in [5.74, 6) is 5.38. The molecule has 1 rings (SSSR count). The number of ketones is 1. The normalized spacial score (nSPS) is 8.60. The molecule has 15 heavy (non-hydrogen) atoms. The molecule has 0 saturated carbocycles. The fourth-order valence-corrected chi connectivity index (χ4v) is 1.38. The van der Waals surface area contributed by atoms with Crippen molar-refractivity contribution in [3.63, 3.8) is 0 Å². The monoisotopic (exact) mass is 217 g/mol. The molecule has 0 N–H and O–H groups in total. The Bertz CT molecular complexity index is 489. The van der Waals surface area contributed by atoms with Crippen molar-refractivity contribution in [1.82, 2.24) is 0 Å². The van der Waals surface area contributed by atoms with Crippen LogP contribution in [-0.4, -0.2) is 5.78 Å². The van der Waals surface area contributed by atoms with Gasteiger partial charge in [0.15, 0.2) is 5.78 Å². The third-order valence-corrected chi connectivity index (χ3v) is 2.06. The predicted molar refractivity (Wildman–Crippen MR) is 58.6 cm³/mol. The third-order valence-electron chi connectivity index (χ3n) is 1.75. The van der Waals surface area contributed by atoms with Gasteiger partial charge in [-0.15, -0.1) is 0 Å². The van der Waals surface area contributed by atoms with Gasteiger partial charge in [0.1, 0.15) is 0 Å². The molecule has 0 spiro atoms. The zero-order valence-electron chi connectivity index (χ0n) is 8.17. The Morgan fingerprint density at radius 1 is 1.53 bits per heavy atom. The molecule has 0 atom stereocenters. The number of nitrogens with zero attached hydrogens (tertiary/aromatic N) is 1. The lowest BCUT2D eigenvalue weighted by molar-refractivity contribution is 0.101. The second kappa shape index (κ2) is 5.20. The van der Waals surface area contributed by atoms with Gasteiger partial charge in [0.05, 0.1) is 17.5 Å². The molecule has 0 heterocycles. The van der Waals surface area contributed by atoms with Crippen LogP contribution in [0.15, 0.2) is 18.2 Å². The molecule has 74 valence electrons. The van der Waals surface area contributed by atoms with Crippen LogP contribution < -0.4 is 0 Å². The fourth-order valence-electron chi connectivity index (χ4n) is 1.06. The van der Waals surface area contributed by atoms with Gasteiger partial charge >= 0.3 is 0 Å². The zero-order chi connectivity index (χ0) is 11.3. The summed E-state index contributed by atoms with van der Waals surface area (Å²) in [5, 5.41) is 8.69. The number of nitriles is 1. The Hall–Kier alpha value is -1.77. The third kappa shape index (κ3) is 3.13. The number of carbonyl (C=O) groups is 1. The predicted octanol–water partition coefficient (Wildman–Crippen LogP) is 2.81. The van der Waals surface area contributed by atoms with Crippen LogP contribution in [0, 0.1) is 23.2 Å². The van der Waals surface area contributed by atoms with Crippen molar-refractivity contribution in [2.45, 2.75) is 13.3 Å². The van der Waals surface area contributed by atoms with E-state index in [0.717, 1.165) is 0 Å². The molecule has 0 aliphatic rings. The van der Waals surface area contributed by atoms with E-state index < -0.39 is 0 Å². The van der Waals surface area contributed by atoms with E-state index in [1.165, 1.54) is 6.92 Å². The summed E-state index contributed by atoms with van der Waals surface area (Å²) >= 11 is 5.88. The SMILES string of the molecule is CC(=O)c1ccc(C#CCC#N)cc1Cl. The number of carbonyl (C=O) groups excluding carboxylic acids is 1. The van der Waals surface area contributed by atoms with E-state index in [1.54, 1.807) is 18.2 Å². The van der Waals surface area contributed by atoms with Crippen molar-refractivity contribution in [3.05, 3.63) is 34.3 Å². The molecular weight excluding hydrogens is 210 g/mol. The van der Waals surface area contributed by atoms with Crippen molar-refractivity contribution in [3.8, 4) is 17.9 Å². The molecule has 0 saturated heterocycles. The van der Waals surface area contributed by atoms with E-state index in [4.69, 9.17) is 16.9 Å². The molecule has 1 aromatic carbocycles. The standard InChI is InChI=1S/C12H8ClNO/c1-9(15)11-6-5-10(8-12(11)13)4-2-3-7-14/h5-6,8H,3H2,1H3. The average Bonchev–Trinajstić information content (AvgIpc) is 2.17. The molecule has 0 amide bonds. The van der Waals surface area contributed by atoms with Crippen LogP contribution in [-0.2, 0) is 0 Å². The van der Waals surface area contributed by atoms with Crippen LogP contribution in [0.1, 0.15) is 29.3 Å². The van der Waals surface area contributed by atoms with Gasteiger partial charge in [0.2, 0.25) is 0 Å². The number of Topliss-reactive ketones (excluding diaryl/α,β-unsaturated/α-hetero) is 1. The van der Waals surface area contributed by atoms with Crippen molar-refractivity contribution in [2.75, 3.05) is 0 Å². The van der Waals surface area contributed by atoms with Gasteiger partial charge in [-0.3, -0.25) is 4.79 Å². The molecular formula is C12H8ClNO. The van der Waals surface area contributed by atoms with Gasteiger partial charge in [-0.1, -0.05) is 23.4 Å². The summed E-state index contributed by atoms with van der Waals surface area (Å²) in [7, 11) is 0. The summed E-state index contributed by atoms with van der Waals surface area (Å²) in [4.78, 5) is 11.1. The van der Waals surface area contributed by atoms with Crippen LogP contribution in [0.5, 0.6) is 0 Å². The first-order valence-electron chi connectivity index (χ1n) is 4.31. The molecule has 2 nitrogen and oxygen atoms in total. The minimum atomic E-state index is -0.0727. The number of rotatable bonds is 1. The zero-order valence-corrected chi connectivity index (χ0v) is 8.93. The highest BCUT2D eigenvalue weighted by molar-refractivity contribution is 6.33. The van der Waals surface area contributed by atoms with Crippen LogP contribution >= 0.6 is 11.6 Å². The highest BCUT2D eigenvalue weighted by atomic mass is 35.5. The smallest absolute Gasteiger partial charge is 0.161 e. The van der Waals surface area contributed by atoms with Crippen LogP contribution in [0.2, 0.25) is 5.02 Å². The van der Waals surface area contributed by atoms with Crippen LogP contribution in [0.25, 0.3) is 0 Å². The quantitative estimate of drug-likeness (QED) is 0.536. The molecule has 0 aliphatic heterocycles. The maximum atomic E-state index is 11.1. The van der Waals surface area contributed by atoms with Gasteiger partial charge in [0.25, 0.3) is 0 Å². The van der Waals surface area contributed by atoms with Gasteiger partial charge in [-0.2, -0.15) is 5.26 Å². The lowest BCUT2D eigenvalue weighted by atomic mass is 10.1. The Morgan fingerprint density at radius 2 is 2.27 bits per heavy atom. The van der Waals surface area contributed by atoms with E-state index in [1.807, 2.05) is 6.07 Å². The molecule has 0 radical (unpaired) electrons. The Kier molecular flexibility index (Phi) is 3.92. The average molecular weight is 218 g/mol. The Labute approximate surface area is 93.5 Å². The van der Waals surface area contributed by atoms with E-state index >= 15 is 0 Å². The maximum Gasteiger partial charge on any atom is 0.161 e. The maximum absolute atomic E-state index is 11.1. The Balaban J connectivity index is 2.99. The summed E-state index contributed by atoms with van der Waals surface area (Å²) in [6.07, 6.45) is 0.187. The summed E-state index contributed by atoms with van der Waals surface area (Å²) in [6.45, 7) is 1.46. The molecule has 3 heteroatoms. The molecule has 0 aliphatic carbocycles. The number of hydrogen-bond donors (Lipinski definition) is 0. The van der Waals surface area contributed by atoms with Crippen LogP contribution in [0.4, 0.5) is 0 Å². The minimum Gasteiger partial charge on any atom is -0.294 e. The first-order chi connectivity index (χ1) is 7.15. The second-order valence-electron chi connectivity index (χ2n) is 2.89. The van der Waals surface area contributed by atoms with Crippen molar-refractivity contribution >= 4 is 17.4 Å². The lowest BCUT2D eigenvalue weighted by Gasteiger charge is -1.99. The van der Waals surface area contributed by atoms with Crippen molar-refractivity contribution < 1.29 is 4.79 Å². The molecule has 0 unspecified atom stereocenters. The largest absolute Gasteiger partial charge is 0.294 e. The molecule has 1 aromatic rings. The first-order valence-corrected chi connectivity index (χ1v) is 4.69. The minimum absolute atomic E-state index is 0.0727. The number of hydrogen-bond acceptors (Lipinski definition) is 2. The van der Waals surface area contributed by atoms with Gasteiger partial charge in [-0.25, -0.2) is 0 Å². The first kappa shape index (κ1) is 11.3. The summed E-state index contributed by atoms with van der Waals surface area (Å²) in [6, 6.07) is 6.90. The topological polar surface area (TPSA) is 40.9 Å². The lowest BCUT2D eigenvalue weighted by Crippen LogP contribution is -1.93. The highest BCUT2D eigenvalue weighted by Gasteiger charge is 2.04. The van der Waals surface area contributed by atoms with Gasteiger partial charge in [-0.05, 0) is 25.1 Å². The number of halogens is 1.